The van der Waals surface area contributed by atoms with Crippen LogP contribution in [-0.4, -0.2) is 29.5 Å². The van der Waals surface area contributed by atoms with Gasteiger partial charge in [0.15, 0.2) is 6.10 Å². The summed E-state index contributed by atoms with van der Waals surface area (Å²) in [5.74, 6) is -1.27. The second-order valence-corrected chi connectivity index (χ2v) is 10.9. The van der Waals surface area contributed by atoms with Crippen LogP contribution in [0.1, 0.15) is 40.0 Å². The standard InChI is InChI=1S/C30H23Br2FN2O3/c1-18-14-22(33)9-12-27(18)35-13-3-6-28(29(35)36)38-30(37)25-17-23(10-7-19-4-2-5-20(31)15-19)34-26-11-8-21(32)16-24(25)26/h2,4-5,7-12,14-17,28H,3,6,13H2,1H3/b10-7+. The summed E-state index contributed by atoms with van der Waals surface area (Å²) >= 11 is 6.94. The number of anilines is 1. The summed E-state index contributed by atoms with van der Waals surface area (Å²) < 4.78 is 21.2. The van der Waals surface area contributed by atoms with E-state index in [0.717, 1.165) is 14.5 Å². The zero-order chi connectivity index (χ0) is 26.8. The molecule has 192 valence electrons. The highest BCUT2D eigenvalue weighted by molar-refractivity contribution is 9.10. The molecule has 5 nitrogen and oxygen atoms in total. The van der Waals surface area contributed by atoms with Crippen LogP contribution in [0.15, 0.2) is 75.7 Å². The molecule has 2 heterocycles. The highest BCUT2D eigenvalue weighted by Gasteiger charge is 2.34. The number of aryl methyl sites for hydroxylation is 1. The maximum Gasteiger partial charge on any atom is 0.339 e. The van der Waals surface area contributed by atoms with Crippen LogP contribution in [0.4, 0.5) is 10.1 Å². The molecular formula is C30H23Br2FN2O3. The van der Waals surface area contributed by atoms with Crippen molar-refractivity contribution in [3.05, 3.63) is 104 Å². The van der Waals surface area contributed by atoms with Crippen molar-refractivity contribution < 1.29 is 18.7 Å². The van der Waals surface area contributed by atoms with Crippen molar-refractivity contribution in [2.75, 3.05) is 11.4 Å². The predicted molar refractivity (Wildman–Crippen MR) is 154 cm³/mol. The SMILES string of the molecule is Cc1cc(F)ccc1N1CCCC(OC(=O)c2cc(/C=C/c3cccc(Br)c3)nc3ccc(Br)cc23)C1=O. The Kier molecular flexibility index (Phi) is 7.72. The number of pyridine rings is 1. The number of hydrogen-bond acceptors (Lipinski definition) is 4. The number of esters is 1. The van der Waals surface area contributed by atoms with E-state index in [-0.39, 0.29) is 11.7 Å². The molecule has 1 aromatic heterocycles. The third-order valence-electron chi connectivity index (χ3n) is 6.39. The summed E-state index contributed by atoms with van der Waals surface area (Å²) in [5, 5.41) is 0.624. The Morgan fingerprint density at radius 3 is 2.66 bits per heavy atom. The molecular weight excluding hydrogens is 615 g/mol. The minimum atomic E-state index is -0.934. The van der Waals surface area contributed by atoms with Crippen LogP contribution < -0.4 is 4.90 Å². The van der Waals surface area contributed by atoms with Crippen LogP contribution in [0, 0.1) is 12.7 Å². The highest BCUT2D eigenvalue weighted by atomic mass is 79.9. The molecule has 1 amide bonds. The van der Waals surface area contributed by atoms with Crippen molar-refractivity contribution in [2.24, 2.45) is 0 Å². The Morgan fingerprint density at radius 2 is 1.87 bits per heavy atom. The average molecular weight is 638 g/mol. The lowest BCUT2D eigenvalue weighted by Gasteiger charge is -2.32. The van der Waals surface area contributed by atoms with E-state index in [1.165, 1.54) is 12.1 Å². The van der Waals surface area contributed by atoms with Gasteiger partial charge in [0.25, 0.3) is 5.91 Å². The number of nitrogens with zero attached hydrogens (tertiary/aromatic N) is 2. The molecule has 1 saturated heterocycles. The summed E-state index contributed by atoms with van der Waals surface area (Å²) in [6.07, 6.45) is 3.90. The van der Waals surface area contributed by atoms with E-state index >= 15 is 0 Å². The van der Waals surface area contributed by atoms with Crippen LogP contribution in [0.2, 0.25) is 0 Å². The molecule has 8 heteroatoms. The van der Waals surface area contributed by atoms with Gasteiger partial charge in [0, 0.05) is 26.6 Å². The normalized spacial score (nSPS) is 15.8. The van der Waals surface area contributed by atoms with E-state index in [1.807, 2.05) is 54.6 Å². The van der Waals surface area contributed by atoms with Crippen molar-refractivity contribution in [3.63, 3.8) is 0 Å². The number of benzene rings is 3. The first-order valence-corrected chi connectivity index (χ1v) is 13.7. The summed E-state index contributed by atoms with van der Waals surface area (Å²) in [4.78, 5) is 33.1. The first-order valence-electron chi connectivity index (χ1n) is 12.1. The lowest BCUT2D eigenvalue weighted by atomic mass is 10.0. The van der Waals surface area contributed by atoms with Crippen molar-refractivity contribution in [3.8, 4) is 0 Å². The Hall–Kier alpha value is -3.36. The van der Waals surface area contributed by atoms with Gasteiger partial charge in [-0.2, -0.15) is 0 Å². The predicted octanol–water partition coefficient (Wildman–Crippen LogP) is 7.73. The number of aromatic nitrogens is 1. The number of carbonyl (C=O) groups excluding carboxylic acids is 2. The Labute approximate surface area is 236 Å². The van der Waals surface area contributed by atoms with Gasteiger partial charge in [-0.05, 0) is 91.6 Å². The largest absolute Gasteiger partial charge is 0.449 e. The van der Waals surface area contributed by atoms with Gasteiger partial charge in [-0.3, -0.25) is 4.79 Å². The first-order chi connectivity index (χ1) is 18.3. The van der Waals surface area contributed by atoms with Crippen LogP contribution >= 0.6 is 31.9 Å². The number of fused-ring (bicyclic) bond motifs is 1. The van der Waals surface area contributed by atoms with Gasteiger partial charge in [0.05, 0.1) is 16.8 Å². The van der Waals surface area contributed by atoms with E-state index in [9.17, 15) is 14.0 Å². The molecule has 1 fully saturated rings. The molecule has 0 spiro atoms. The third-order valence-corrected chi connectivity index (χ3v) is 7.38. The van der Waals surface area contributed by atoms with Crippen molar-refractivity contribution in [1.82, 2.24) is 4.98 Å². The number of hydrogen-bond donors (Lipinski definition) is 0. The smallest absolute Gasteiger partial charge is 0.339 e. The van der Waals surface area contributed by atoms with E-state index < -0.39 is 12.1 Å². The minimum absolute atomic E-state index is 0.311. The average Bonchev–Trinajstić information content (AvgIpc) is 2.89. The fraction of sp³-hybridized carbons (Fsp3) is 0.167. The number of piperidine rings is 1. The number of halogens is 3. The lowest BCUT2D eigenvalue weighted by Crippen LogP contribution is -2.46. The molecule has 1 atom stereocenters. The van der Waals surface area contributed by atoms with Gasteiger partial charge in [-0.15, -0.1) is 0 Å². The fourth-order valence-electron chi connectivity index (χ4n) is 4.57. The van der Waals surface area contributed by atoms with E-state index in [1.54, 1.807) is 24.0 Å². The molecule has 3 aromatic carbocycles. The number of carbonyl (C=O) groups is 2. The summed E-state index contributed by atoms with van der Waals surface area (Å²) in [6.45, 7) is 2.24. The first kappa shape index (κ1) is 26.3. The monoisotopic (exact) mass is 636 g/mol. The second kappa shape index (κ2) is 11.2. The maximum absolute atomic E-state index is 13.6. The van der Waals surface area contributed by atoms with E-state index in [4.69, 9.17) is 9.72 Å². The zero-order valence-corrected chi connectivity index (χ0v) is 23.6. The van der Waals surface area contributed by atoms with Crippen molar-refractivity contribution in [1.29, 1.82) is 0 Å². The quantitative estimate of drug-likeness (QED) is 0.210. The van der Waals surface area contributed by atoms with Gasteiger partial charge in [-0.1, -0.05) is 50.1 Å². The third kappa shape index (κ3) is 5.71. The molecule has 0 saturated carbocycles. The van der Waals surface area contributed by atoms with Gasteiger partial charge >= 0.3 is 5.97 Å². The molecule has 5 rings (SSSR count). The van der Waals surface area contributed by atoms with E-state index in [0.29, 0.717) is 52.8 Å². The zero-order valence-electron chi connectivity index (χ0n) is 20.5. The van der Waals surface area contributed by atoms with Gasteiger partial charge in [-0.25, -0.2) is 14.2 Å². The topological polar surface area (TPSA) is 59.5 Å². The molecule has 0 N–H and O–H groups in total. The molecule has 38 heavy (non-hydrogen) atoms. The summed E-state index contributed by atoms with van der Waals surface area (Å²) in [5.41, 5.74) is 3.80. The molecule has 4 aromatic rings. The van der Waals surface area contributed by atoms with Gasteiger partial charge in [0.2, 0.25) is 0 Å². The maximum atomic E-state index is 13.6. The van der Waals surface area contributed by atoms with Crippen LogP contribution in [0.25, 0.3) is 23.1 Å². The molecule has 0 radical (unpaired) electrons. The van der Waals surface area contributed by atoms with E-state index in [2.05, 4.69) is 31.9 Å². The van der Waals surface area contributed by atoms with Gasteiger partial charge in [0.1, 0.15) is 5.82 Å². The summed E-state index contributed by atoms with van der Waals surface area (Å²) in [6, 6.07) is 19.3. The van der Waals surface area contributed by atoms with Crippen LogP contribution in [-0.2, 0) is 9.53 Å². The molecule has 1 unspecified atom stereocenters. The van der Waals surface area contributed by atoms with Crippen molar-refractivity contribution >= 4 is 72.5 Å². The number of ether oxygens (including phenoxy) is 1. The molecule has 0 bridgehead atoms. The highest BCUT2D eigenvalue weighted by Crippen LogP contribution is 2.29. The Morgan fingerprint density at radius 1 is 1.05 bits per heavy atom. The van der Waals surface area contributed by atoms with Crippen LogP contribution in [0.3, 0.4) is 0 Å². The molecule has 0 aliphatic carbocycles. The Bertz CT molecular complexity index is 1590. The molecule has 1 aliphatic heterocycles. The Balaban J connectivity index is 1.44. The van der Waals surface area contributed by atoms with Crippen molar-refractivity contribution in [2.45, 2.75) is 25.9 Å². The van der Waals surface area contributed by atoms with Gasteiger partial charge < -0.3 is 9.64 Å². The number of amides is 1. The lowest BCUT2D eigenvalue weighted by molar-refractivity contribution is -0.129. The second-order valence-electron chi connectivity index (χ2n) is 9.10. The molecule has 1 aliphatic rings. The summed E-state index contributed by atoms with van der Waals surface area (Å²) in [7, 11) is 0. The fourth-order valence-corrected chi connectivity index (χ4v) is 5.35. The van der Waals surface area contributed by atoms with Crippen LogP contribution in [0.5, 0.6) is 0 Å². The minimum Gasteiger partial charge on any atom is -0.449 e. The number of rotatable bonds is 5.